The minimum Gasteiger partial charge on any atom is -0.476 e. The molecule has 0 saturated heterocycles. The maximum absolute atomic E-state index is 12.2. The maximum Gasteiger partial charge on any atom is 0.407 e. The molecule has 11 nitrogen and oxygen atoms in total. The summed E-state index contributed by atoms with van der Waals surface area (Å²) in [6.45, 7) is -0.697. The highest BCUT2D eigenvalue weighted by molar-refractivity contribution is 6.00. The molecule has 1 heterocycles. The van der Waals surface area contributed by atoms with E-state index in [1.807, 2.05) is 48.5 Å². The summed E-state index contributed by atoms with van der Waals surface area (Å²) in [5.41, 5.74) is 4.18. The van der Waals surface area contributed by atoms with Crippen LogP contribution in [0.1, 0.15) is 27.5 Å². The quantitative estimate of drug-likeness (QED) is 0.385. The summed E-state index contributed by atoms with van der Waals surface area (Å²) in [7, 11) is 1.43. The number of anilines is 1. The van der Waals surface area contributed by atoms with Crippen molar-refractivity contribution in [3.8, 4) is 11.1 Å². The van der Waals surface area contributed by atoms with Crippen molar-refractivity contribution in [2.24, 2.45) is 7.05 Å². The Hall–Kier alpha value is -4.67. The SMILES string of the molecule is Cn1ncc(NC(=O)CNC(=O)CNC(=O)OCC2c3ccccc3-c3ccccc32)c1C(=O)O. The van der Waals surface area contributed by atoms with E-state index in [0.29, 0.717) is 0 Å². The normalized spacial score (nSPS) is 11.8. The number of benzene rings is 2. The molecule has 0 saturated carbocycles. The molecule has 0 radical (unpaired) electrons. The minimum absolute atomic E-state index is 0.0102. The van der Waals surface area contributed by atoms with Crippen molar-refractivity contribution in [1.82, 2.24) is 20.4 Å². The Balaban J connectivity index is 1.22. The molecule has 180 valence electrons. The van der Waals surface area contributed by atoms with Crippen LogP contribution >= 0.6 is 0 Å². The standard InChI is InChI=1S/C24H23N5O6/c1-29-22(23(32)33)19(10-27-29)28-21(31)12-25-20(30)11-26-24(34)35-13-18-16-8-4-2-6-14(16)15-7-3-5-9-17(15)18/h2-10,18H,11-13H2,1H3,(H,25,30)(H,26,34)(H,28,31)(H,32,33). The van der Waals surface area contributed by atoms with Gasteiger partial charge in [0.2, 0.25) is 11.8 Å². The summed E-state index contributed by atoms with van der Waals surface area (Å²) in [6, 6.07) is 15.9. The van der Waals surface area contributed by atoms with Crippen molar-refractivity contribution in [3.63, 3.8) is 0 Å². The van der Waals surface area contributed by atoms with E-state index in [4.69, 9.17) is 9.84 Å². The van der Waals surface area contributed by atoms with Gasteiger partial charge in [-0.15, -0.1) is 0 Å². The number of hydrogen-bond acceptors (Lipinski definition) is 6. The van der Waals surface area contributed by atoms with E-state index in [2.05, 4.69) is 21.0 Å². The van der Waals surface area contributed by atoms with Crippen LogP contribution < -0.4 is 16.0 Å². The summed E-state index contributed by atoms with van der Waals surface area (Å²) in [5, 5.41) is 20.0. The monoisotopic (exact) mass is 477 g/mol. The van der Waals surface area contributed by atoms with E-state index in [-0.39, 0.29) is 23.9 Å². The second kappa shape index (κ2) is 10.1. The molecule has 0 aliphatic heterocycles. The van der Waals surface area contributed by atoms with E-state index >= 15 is 0 Å². The Labute approximate surface area is 200 Å². The van der Waals surface area contributed by atoms with Crippen LogP contribution in [0.2, 0.25) is 0 Å². The third kappa shape index (κ3) is 5.13. The summed E-state index contributed by atoms with van der Waals surface area (Å²) in [5.74, 6) is -2.61. The third-order valence-electron chi connectivity index (χ3n) is 5.60. The Morgan fingerprint density at radius 2 is 1.54 bits per heavy atom. The highest BCUT2D eigenvalue weighted by Gasteiger charge is 2.29. The number of ether oxygens (including phenoxy) is 1. The Kier molecular flexibility index (Phi) is 6.76. The van der Waals surface area contributed by atoms with Gasteiger partial charge in [0.15, 0.2) is 5.69 Å². The number of carboxylic acids is 1. The predicted octanol–water partition coefficient (Wildman–Crippen LogP) is 1.71. The van der Waals surface area contributed by atoms with Gasteiger partial charge < -0.3 is 25.8 Å². The lowest BCUT2D eigenvalue weighted by Crippen LogP contribution is -2.40. The number of alkyl carbamates (subject to hydrolysis) is 1. The molecule has 0 spiro atoms. The molecular weight excluding hydrogens is 454 g/mol. The van der Waals surface area contributed by atoms with E-state index in [0.717, 1.165) is 26.9 Å². The number of nitrogens with zero attached hydrogens (tertiary/aromatic N) is 2. The maximum atomic E-state index is 12.2. The largest absolute Gasteiger partial charge is 0.476 e. The third-order valence-corrected chi connectivity index (χ3v) is 5.60. The van der Waals surface area contributed by atoms with Crippen LogP contribution in [0.15, 0.2) is 54.7 Å². The van der Waals surface area contributed by atoms with Gasteiger partial charge in [0.1, 0.15) is 13.2 Å². The number of aromatic nitrogens is 2. The number of aromatic carboxylic acids is 1. The van der Waals surface area contributed by atoms with Gasteiger partial charge in [0.25, 0.3) is 0 Å². The molecule has 35 heavy (non-hydrogen) atoms. The second-order valence-corrected chi connectivity index (χ2v) is 7.84. The minimum atomic E-state index is -1.25. The van der Waals surface area contributed by atoms with Gasteiger partial charge in [-0.05, 0) is 22.3 Å². The van der Waals surface area contributed by atoms with Gasteiger partial charge in [-0.2, -0.15) is 5.10 Å². The van der Waals surface area contributed by atoms with Crippen LogP contribution in [-0.2, 0) is 21.4 Å². The molecule has 1 aliphatic carbocycles. The van der Waals surface area contributed by atoms with Crippen LogP contribution in [0, 0.1) is 0 Å². The molecule has 4 N–H and O–H groups in total. The van der Waals surface area contributed by atoms with Gasteiger partial charge in [-0.25, -0.2) is 9.59 Å². The number of amides is 3. The first kappa shape index (κ1) is 23.5. The first-order valence-electron chi connectivity index (χ1n) is 10.8. The van der Waals surface area contributed by atoms with E-state index in [1.54, 1.807) is 0 Å². The number of fused-ring (bicyclic) bond motifs is 3. The first-order valence-corrected chi connectivity index (χ1v) is 10.8. The van der Waals surface area contributed by atoms with Gasteiger partial charge in [-0.3, -0.25) is 14.3 Å². The molecule has 11 heteroatoms. The highest BCUT2D eigenvalue weighted by atomic mass is 16.5. The topological polar surface area (TPSA) is 152 Å². The van der Waals surface area contributed by atoms with E-state index in [9.17, 15) is 19.2 Å². The van der Waals surface area contributed by atoms with Crippen molar-refractivity contribution in [1.29, 1.82) is 0 Å². The molecule has 1 aliphatic rings. The molecule has 3 aromatic rings. The zero-order valence-corrected chi connectivity index (χ0v) is 18.8. The smallest absolute Gasteiger partial charge is 0.407 e. The average molecular weight is 477 g/mol. The van der Waals surface area contributed by atoms with Gasteiger partial charge in [-0.1, -0.05) is 48.5 Å². The number of carboxylic acid groups (broad SMARTS) is 1. The Morgan fingerprint density at radius 1 is 0.943 bits per heavy atom. The van der Waals surface area contributed by atoms with Crippen LogP contribution in [0.3, 0.4) is 0 Å². The number of carbonyl (C=O) groups excluding carboxylic acids is 3. The fourth-order valence-electron chi connectivity index (χ4n) is 4.02. The van der Waals surface area contributed by atoms with Gasteiger partial charge in [0, 0.05) is 13.0 Å². The molecular formula is C24H23N5O6. The summed E-state index contributed by atoms with van der Waals surface area (Å²) >= 11 is 0. The van der Waals surface area contributed by atoms with Gasteiger partial charge in [0.05, 0.1) is 18.4 Å². The van der Waals surface area contributed by atoms with E-state index < -0.39 is 37.0 Å². The molecule has 0 atom stereocenters. The highest BCUT2D eigenvalue weighted by Crippen LogP contribution is 2.44. The number of carbonyl (C=O) groups is 4. The van der Waals surface area contributed by atoms with Crippen molar-refractivity contribution >= 4 is 29.6 Å². The lowest BCUT2D eigenvalue weighted by atomic mass is 9.98. The molecule has 2 aromatic carbocycles. The van der Waals surface area contributed by atoms with Crippen molar-refractivity contribution < 1.29 is 29.0 Å². The van der Waals surface area contributed by atoms with Crippen LogP contribution in [0.5, 0.6) is 0 Å². The summed E-state index contributed by atoms with van der Waals surface area (Å²) in [6.07, 6.45) is 0.440. The fourth-order valence-corrected chi connectivity index (χ4v) is 4.02. The average Bonchev–Trinajstić information content (AvgIpc) is 3.37. The molecule has 0 bridgehead atoms. The summed E-state index contributed by atoms with van der Waals surface area (Å²) in [4.78, 5) is 47.4. The van der Waals surface area contributed by atoms with Crippen LogP contribution in [-0.4, -0.2) is 58.5 Å². The molecule has 1 aromatic heterocycles. The first-order chi connectivity index (χ1) is 16.8. The zero-order chi connectivity index (χ0) is 24.9. The lowest BCUT2D eigenvalue weighted by Gasteiger charge is -2.14. The Morgan fingerprint density at radius 3 is 2.17 bits per heavy atom. The predicted molar refractivity (Wildman–Crippen MR) is 125 cm³/mol. The lowest BCUT2D eigenvalue weighted by molar-refractivity contribution is -0.123. The van der Waals surface area contributed by atoms with Crippen LogP contribution in [0.4, 0.5) is 10.5 Å². The van der Waals surface area contributed by atoms with Gasteiger partial charge >= 0.3 is 12.1 Å². The summed E-state index contributed by atoms with van der Waals surface area (Å²) < 4.78 is 6.46. The molecule has 4 rings (SSSR count). The molecule has 0 fully saturated rings. The molecule has 0 unspecified atom stereocenters. The fraction of sp³-hybridized carbons (Fsp3) is 0.208. The van der Waals surface area contributed by atoms with Crippen molar-refractivity contribution in [2.75, 3.05) is 25.0 Å². The van der Waals surface area contributed by atoms with Crippen LogP contribution in [0.25, 0.3) is 11.1 Å². The number of hydrogen-bond donors (Lipinski definition) is 4. The number of nitrogens with one attached hydrogen (secondary N) is 3. The molecule has 3 amide bonds. The number of aryl methyl sites for hydroxylation is 1. The second-order valence-electron chi connectivity index (χ2n) is 7.84. The van der Waals surface area contributed by atoms with E-state index in [1.165, 1.54) is 13.2 Å². The zero-order valence-electron chi connectivity index (χ0n) is 18.8. The van der Waals surface area contributed by atoms with Crippen molar-refractivity contribution in [2.45, 2.75) is 5.92 Å². The van der Waals surface area contributed by atoms with Crippen molar-refractivity contribution in [3.05, 3.63) is 71.5 Å². The Bertz CT molecular complexity index is 1260. The number of rotatable bonds is 8.